The Morgan fingerprint density at radius 2 is 2.03 bits per heavy atom. The molecule has 0 N–H and O–H groups in total. The number of benzene rings is 1. The average molecular weight is 439 g/mol. The maximum Gasteiger partial charge on any atom is 0.250 e. The Balaban J connectivity index is 1.29. The zero-order valence-electron chi connectivity index (χ0n) is 17.0. The molecule has 3 aromatic rings. The average Bonchev–Trinajstić information content (AvgIpc) is 3.26. The summed E-state index contributed by atoms with van der Waals surface area (Å²) in [5.41, 5.74) is 1.80. The van der Waals surface area contributed by atoms with Gasteiger partial charge in [-0.1, -0.05) is 30.0 Å². The number of para-hydroxylation sites is 2. The number of carbonyl (C=O) groups excluding carboxylic acids is 1. The highest BCUT2D eigenvalue weighted by Gasteiger charge is 2.36. The molecule has 2 aliphatic rings. The SMILES string of the molecule is COc1ccccc1-n1nnnc1SCC(=O)N1CC2CC(C1)c1cccc(=O)n1C2. The first-order chi connectivity index (χ1) is 15.1. The van der Waals surface area contributed by atoms with Crippen molar-refractivity contribution in [3.8, 4) is 11.4 Å². The molecule has 0 saturated carbocycles. The number of piperidine rings is 1. The van der Waals surface area contributed by atoms with Gasteiger partial charge in [-0.15, -0.1) is 5.10 Å². The van der Waals surface area contributed by atoms with E-state index in [1.165, 1.54) is 11.8 Å². The van der Waals surface area contributed by atoms with Crippen LogP contribution in [0.3, 0.4) is 0 Å². The Labute approximate surface area is 183 Å². The summed E-state index contributed by atoms with van der Waals surface area (Å²) in [4.78, 5) is 27.1. The minimum Gasteiger partial charge on any atom is -0.494 e. The minimum absolute atomic E-state index is 0.0470. The molecule has 2 unspecified atom stereocenters. The fourth-order valence-corrected chi connectivity index (χ4v) is 5.33. The molecule has 5 rings (SSSR count). The second-order valence-electron chi connectivity index (χ2n) is 7.83. The van der Waals surface area contributed by atoms with Crippen LogP contribution in [0.5, 0.6) is 5.75 Å². The number of amides is 1. The van der Waals surface area contributed by atoms with Crippen molar-refractivity contribution < 1.29 is 9.53 Å². The quantitative estimate of drug-likeness (QED) is 0.558. The Morgan fingerprint density at radius 1 is 1.16 bits per heavy atom. The van der Waals surface area contributed by atoms with E-state index in [0.717, 1.165) is 17.8 Å². The summed E-state index contributed by atoms with van der Waals surface area (Å²) in [6, 6.07) is 12.9. The van der Waals surface area contributed by atoms with Crippen LogP contribution in [0.25, 0.3) is 5.69 Å². The molecular weight excluding hydrogens is 416 g/mol. The van der Waals surface area contributed by atoms with Gasteiger partial charge in [-0.25, -0.2) is 0 Å². The van der Waals surface area contributed by atoms with Crippen molar-refractivity contribution >= 4 is 17.7 Å². The maximum absolute atomic E-state index is 13.0. The number of fused-ring (bicyclic) bond motifs is 4. The highest BCUT2D eigenvalue weighted by atomic mass is 32.2. The third-order valence-electron chi connectivity index (χ3n) is 5.91. The molecule has 4 heterocycles. The van der Waals surface area contributed by atoms with Crippen molar-refractivity contribution in [2.45, 2.75) is 24.0 Å². The van der Waals surface area contributed by atoms with E-state index in [9.17, 15) is 9.59 Å². The Hall–Kier alpha value is -3.14. The van der Waals surface area contributed by atoms with Crippen LogP contribution in [-0.2, 0) is 11.3 Å². The van der Waals surface area contributed by atoms with Crippen molar-refractivity contribution in [2.24, 2.45) is 5.92 Å². The first-order valence-electron chi connectivity index (χ1n) is 10.2. The van der Waals surface area contributed by atoms with Crippen LogP contribution in [0.4, 0.5) is 0 Å². The highest BCUT2D eigenvalue weighted by molar-refractivity contribution is 7.99. The van der Waals surface area contributed by atoms with E-state index >= 15 is 0 Å². The predicted octanol–water partition coefficient (Wildman–Crippen LogP) is 1.57. The van der Waals surface area contributed by atoms with Crippen molar-refractivity contribution in [3.63, 3.8) is 0 Å². The normalized spacial score (nSPS) is 19.7. The Bertz CT molecular complexity index is 1180. The number of thioether (sulfide) groups is 1. The van der Waals surface area contributed by atoms with Gasteiger partial charge in [0.2, 0.25) is 11.1 Å². The molecule has 2 bridgehead atoms. The number of aromatic nitrogens is 5. The molecule has 160 valence electrons. The van der Waals surface area contributed by atoms with Crippen molar-refractivity contribution in [1.29, 1.82) is 0 Å². The fraction of sp³-hybridized carbons (Fsp3) is 0.381. The summed E-state index contributed by atoms with van der Waals surface area (Å²) in [5.74, 6) is 1.46. The predicted molar refractivity (Wildman–Crippen MR) is 115 cm³/mol. The lowest BCUT2D eigenvalue weighted by Gasteiger charge is -2.42. The van der Waals surface area contributed by atoms with Crippen molar-refractivity contribution in [2.75, 3.05) is 26.0 Å². The number of likely N-dealkylation sites (tertiary alicyclic amines) is 1. The first kappa shape index (κ1) is 19.8. The van der Waals surface area contributed by atoms with Gasteiger partial charge in [0.15, 0.2) is 0 Å². The van der Waals surface area contributed by atoms with E-state index in [1.807, 2.05) is 45.9 Å². The summed E-state index contributed by atoms with van der Waals surface area (Å²) in [6.07, 6.45) is 1.02. The summed E-state index contributed by atoms with van der Waals surface area (Å²) < 4.78 is 8.86. The number of tetrazole rings is 1. The van der Waals surface area contributed by atoms with Gasteiger partial charge in [0.1, 0.15) is 11.4 Å². The van der Waals surface area contributed by atoms with Crippen LogP contribution in [0.15, 0.2) is 52.4 Å². The molecule has 9 nitrogen and oxygen atoms in total. The van der Waals surface area contributed by atoms with E-state index in [0.29, 0.717) is 36.5 Å². The summed E-state index contributed by atoms with van der Waals surface area (Å²) in [6.45, 7) is 1.99. The van der Waals surface area contributed by atoms with Gasteiger partial charge >= 0.3 is 0 Å². The zero-order valence-corrected chi connectivity index (χ0v) is 17.9. The largest absolute Gasteiger partial charge is 0.494 e. The molecule has 2 aliphatic heterocycles. The molecule has 2 aromatic heterocycles. The number of ether oxygens (including phenoxy) is 1. The molecule has 2 atom stereocenters. The Morgan fingerprint density at radius 3 is 2.90 bits per heavy atom. The van der Waals surface area contributed by atoms with Gasteiger partial charge in [-0.2, -0.15) is 4.68 Å². The summed E-state index contributed by atoms with van der Waals surface area (Å²) in [7, 11) is 1.60. The molecule has 0 aliphatic carbocycles. The standard InChI is InChI=1S/C21H22N6O3S/c1-30-18-7-3-2-5-17(18)27-21(22-23-24-27)31-13-20(29)25-10-14-9-15(12-25)16-6-4-8-19(28)26(16)11-14/h2-8,14-15H,9-13H2,1H3. The second kappa shape index (κ2) is 8.18. The van der Waals surface area contributed by atoms with Gasteiger partial charge in [-0.05, 0) is 41.0 Å². The van der Waals surface area contributed by atoms with Crippen molar-refractivity contribution in [1.82, 2.24) is 29.7 Å². The van der Waals surface area contributed by atoms with E-state index in [4.69, 9.17) is 4.74 Å². The molecule has 1 amide bonds. The smallest absolute Gasteiger partial charge is 0.250 e. The topological polar surface area (TPSA) is 95.1 Å². The van der Waals surface area contributed by atoms with Gasteiger partial charge in [0.25, 0.3) is 5.56 Å². The number of carbonyl (C=O) groups is 1. The number of pyridine rings is 1. The monoisotopic (exact) mass is 438 g/mol. The van der Waals surface area contributed by atoms with E-state index in [1.54, 1.807) is 17.9 Å². The molecule has 0 radical (unpaired) electrons. The van der Waals surface area contributed by atoms with Crippen LogP contribution in [-0.4, -0.2) is 61.5 Å². The molecule has 1 fully saturated rings. The number of hydrogen-bond acceptors (Lipinski definition) is 7. The van der Waals surface area contributed by atoms with Crippen LogP contribution >= 0.6 is 11.8 Å². The lowest BCUT2D eigenvalue weighted by molar-refractivity contribution is -0.131. The third-order valence-corrected chi connectivity index (χ3v) is 6.82. The number of methoxy groups -OCH3 is 1. The fourth-order valence-electron chi connectivity index (χ4n) is 4.54. The van der Waals surface area contributed by atoms with E-state index in [2.05, 4.69) is 15.5 Å². The number of hydrogen-bond donors (Lipinski definition) is 0. The maximum atomic E-state index is 13.0. The summed E-state index contributed by atoms with van der Waals surface area (Å²) >= 11 is 1.31. The van der Waals surface area contributed by atoms with Gasteiger partial charge in [0, 0.05) is 37.3 Å². The lowest BCUT2D eigenvalue weighted by atomic mass is 9.83. The highest BCUT2D eigenvalue weighted by Crippen LogP contribution is 2.35. The van der Waals surface area contributed by atoms with Crippen LogP contribution in [0, 0.1) is 5.92 Å². The van der Waals surface area contributed by atoms with Gasteiger partial charge in [0.05, 0.1) is 12.9 Å². The number of nitrogens with zero attached hydrogens (tertiary/aromatic N) is 6. The van der Waals surface area contributed by atoms with E-state index in [-0.39, 0.29) is 23.1 Å². The second-order valence-corrected chi connectivity index (χ2v) is 8.77. The van der Waals surface area contributed by atoms with Crippen LogP contribution in [0.2, 0.25) is 0 Å². The molecule has 1 saturated heterocycles. The lowest BCUT2D eigenvalue weighted by Crippen LogP contribution is -2.49. The molecule has 10 heteroatoms. The Kier molecular flexibility index (Phi) is 5.23. The zero-order chi connectivity index (χ0) is 21.4. The first-order valence-corrected chi connectivity index (χ1v) is 11.1. The third kappa shape index (κ3) is 3.71. The van der Waals surface area contributed by atoms with Gasteiger partial charge in [-0.3, -0.25) is 9.59 Å². The summed E-state index contributed by atoms with van der Waals surface area (Å²) in [5, 5.41) is 12.5. The van der Waals surface area contributed by atoms with Crippen molar-refractivity contribution in [3.05, 3.63) is 58.5 Å². The molecule has 0 spiro atoms. The van der Waals surface area contributed by atoms with Crippen LogP contribution in [0.1, 0.15) is 18.0 Å². The van der Waals surface area contributed by atoms with Crippen LogP contribution < -0.4 is 10.3 Å². The molecule has 31 heavy (non-hydrogen) atoms. The van der Waals surface area contributed by atoms with E-state index < -0.39 is 0 Å². The molecule has 1 aromatic carbocycles. The molecular formula is C21H22N6O3S. The number of rotatable bonds is 5. The van der Waals surface area contributed by atoms with Gasteiger partial charge < -0.3 is 14.2 Å². The minimum atomic E-state index is 0.0470.